The number of hydrogen-bond donors (Lipinski definition) is 1. The number of aromatic nitrogens is 2. The van der Waals surface area contributed by atoms with Gasteiger partial charge < -0.3 is 14.4 Å². The van der Waals surface area contributed by atoms with Crippen LogP contribution < -0.4 is 5.32 Å². The van der Waals surface area contributed by atoms with E-state index in [9.17, 15) is 18.4 Å². The lowest BCUT2D eigenvalue weighted by Gasteiger charge is -2.06. The Kier molecular flexibility index (Phi) is 4.85. The summed E-state index contributed by atoms with van der Waals surface area (Å²) in [5.41, 5.74) is 1.19. The van der Waals surface area contributed by atoms with Crippen molar-refractivity contribution in [3.8, 4) is 0 Å². The monoisotopic (exact) mass is 415 g/mol. The van der Waals surface area contributed by atoms with Gasteiger partial charge in [0.1, 0.15) is 6.26 Å². The molecule has 0 fully saturated rings. The van der Waals surface area contributed by atoms with E-state index in [2.05, 4.69) is 15.0 Å². The molecule has 0 aliphatic heterocycles. The maximum absolute atomic E-state index is 13.6. The lowest BCUT2D eigenvalue weighted by Crippen LogP contribution is -2.22. The highest BCUT2D eigenvalue weighted by molar-refractivity contribution is 6.48. The van der Waals surface area contributed by atoms with E-state index in [1.54, 1.807) is 22.8 Å². The van der Waals surface area contributed by atoms with Crippen molar-refractivity contribution in [2.75, 3.05) is 5.32 Å². The van der Waals surface area contributed by atoms with Crippen LogP contribution in [-0.4, -0.2) is 21.4 Å². The molecule has 1 amide bonds. The van der Waals surface area contributed by atoms with Crippen LogP contribution in [0.25, 0.3) is 10.9 Å². The Morgan fingerprint density at radius 2 is 1.93 bits per heavy atom. The van der Waals surface area contributed by atoms with Gasteiger partial charge in [0.05, 0.1) is 11.1 Å². The topological polar surface area (TPSA) is 77.1 Å². The zero-order valence-electron chi connectivity index (χ0n) is 14.7. The van der Waals surface area contributed by atoms with E-state index in [1.807, 2.05) is 0 Å². The molecule has 0 saturated carbocycles. The molecule has 6 nitrogen and oxygen atoms in total. The average Bonchev–Trinajstić information content (AvgIpc) is 3.32. The van der Waals surface area contributed by atoms with Gasteiger partial charge in [-0.05, 0) is 29.8 Å². The number of carbonyl (C=O) groups excluding carboxylic acids is 2. The Hall–Kier alpha value is -3.52. The standard InChI is InChI=1S/C20H12ClF2N3O3/c21-12-2-3-13-14(19(27)20(28)24-18-5-6-29-25-18)10-26(17(13)8-12)9-11-1-4-15(22)16(23)7-11/h1-8,10H,9H2,(H,24,25,28). The molecule has 0 spiro atoms. The first kappa shape index (κ1) is 18.8. The summed E-state index contributed by atoms with van der Waals surface area (Å²) in [5, 5.41) is 6.81. The number of benzene rings is 2. The molecule has 4 rings (SSSR count). The van der Waals surface area contributed by atoms with E-state index in [4.69, 9.17) is 11.6 Å². The molecule has 1 N–H and O–H groups in total. The summed E-state index contributed by atoms with van der Waals surface area (Å²) in [7, 11) is 0. The number of carbonyl (C=O) groups is 2. The quantitative estimate of drug-likeness (QED) is 0.386. The van der Waals surface area contributed by atoms with Gasteiger partial charge in [0, 0.05) is 29.2 Å². The fourth-order valence-electron chi connectivity index (χ4n) is 2.98. The maximum Gasteiger partial charge on any atom is 0.298 e. The summed E-state index contributed by atoms with van der Waals surface area (Å²) >= 11 is 6.08. The fraction of sp³-hybridized carbons (Fsp3) is 0.0500. The second-order valence-electron chi connectivity index (χ2n) is 6.25. The molecule has 4 aromatic rings. The number of Topliss-reactive ketones (excluding diaryl/α,β-unsaturated/α-hetero) is 1. The molecule has 146 valence electrons. The number of ketones is 1. The van der Waals surface area contributed by atoms with Crippen LogP contribution in [0.2, 0.25) is 5.02 Å². The van der Waals surface area contributed by atoms with E-state index >= 15 is 0 Å². The minimum Gasteiger partial charge on any atom is -0.363 e. The second kappa shape index (κ2) is 7.48. The highest BCUT2D eigenvalue weighted by Gasteiger charge is 2.23. The molecule has 2 aromatic carbocycles. The first-order valence-corrected chi connectivity index (χ1v) is 8.78. The van der Waals surface area contributed by atoms with E-state index < -0.39 is 23.3 Å². The minimum absolute atomic E-state index is 0.108. The van der Waals surface area contributed by atoms with Crippen molar-refractivity contribution in [2.24, 2.45) is 0 Å². The van der Waals surface area contributed by atoms with E-state index in [-0.39, 0.29) is 17.9 Å². The van der Waals surface area contributed by atoms with Gasteiger partial charge in [0.2, 0.25) is 0 Å². The van der Waals surface area contributed by atoms with Crippen LogP contribution in [0.15, 0.2) is 59.4 Å². The minimum atomic E-state index is -0.972. The van der Waals surface area contributed by atoms with Gasteiger partial charge in [0.25, 0.3) is 11.7 Å². The maximum atomic E-state index is 13.6. The lowest BCUT2D eigenvalue weighted by molar-refractivity contribution is -0.112. The summed E-state index contributed by atoms with van der Waals surface area (Å²) in [5.74, 6) is -3.49. The predicted molar refractivity (Wildman–Crippen MR) is 102 cm³/mol. The van der Waals surface area contributed by atoms with Crippen LogP contribution in [0.4, 0.5) is 14.6 Å². The number of fused-ring (bicyclic) bond motifs is 1. The Morgan fingerprint density at radius 3 is 2.66 bits per heavy atom. The first-order valence-electron chi connectivity index (χ1n) is 8.41. The number of rotatable bonds is 5. The molecular formula is C20H12ClF2N3O3. The molecule has 0 bridgehead atoms. The fourth-order valence-corrected chi connectivity index (χ4v) is 3.15. The Bertz CT molecular complexity index is 1240. The van der Waals surface area contributed by atoms with Crippen molar-refractivity contribution in [2.45, 2.75) is 6.54 Å². The molecule has 2 heterocycles. The van der Waals surface area contributed by atoms with Crippen molar-refractivity contribution in [1.29, 1.82) is 0 Å². The van der Waals surface area contributed by atoms with Crippen molar-refractivity contribution in [3.05, 3.63) is 82.7 Å². The van der Waals surface area contributed by atoms with Crippen LogP contribution in [-0.2, 0) is 11.3 Å². The predicted octanol–water partition coefficient (Wildman–Crippen LogP) is 4.43. The number of hydrogen-bond acceptors (Lipinski definition) is 4. The van der Waals surface area contributed by atoms with Gasteiger partial charge in [-0.1, -0.05) is 28.9 Å². The summed E-state index contributed by atoms with van der Waals surface area (Å²) in [6.07, 6.45) is 2.74. The third-order valence-corrected chi connectivity index (χ3v) is 4.55. The second-order valence-corrected chi connectivity index (χ2v) is 6.68. The van der Waals surface area contributed by atoms with Gasteiger partial charge in [0.15, 0.2) is 17.5 Å². The van der Waals surface area contributed by atoms with E-state index in [0.29, 0.717) is 21.5 Å². The normalized spacial score (nSPS) is 11.0. The zero-order valence-corrected chi connectivity index (χ0v) is 15.4. The van der Waals surface area contributed by atoms with Crippen molar-refractivity contribution in [3.63, 3.8) is 0 Å². The Balaban J connectivity index is 1.72. The highest BCUT2D eigenvalue weighted by Crippen LogP contribution is 2.27. The van der Waals surface area contributed by atoms with E-state index in [0.717, 1.165) is 12.1 Å². The summed E-state index contributed by atoms with van der Waals surface area (Å²) < 4.78 is 33.0. The SMILES string of the molecule is O=C(Nc1ccon1)C(=O)c1cn(Cc2ccc(F)c(F)c2)c2cc(Cl)ccc12. The van der Waals surface area contributed by atoms with Gasteiger partial charge in [-0.3, -0.25) is 9.59 Å². The first-order chi connectivity index (χ1) is 13.9. The Morgan fingerprint density at radius 1 is 1.10 bits per heavy atom. The molecule has 0 saturated heterocycles. The largest absolute Gasteiger partial charge is 0.363 e. The van der Waals surface area contributed by atoms with Gasteiger partial charge in [-0.15, -0.1) is 0 Å². The molecule has 9 heteroatoms. The molecule has 0 aliphatic carbocycles. The van der Waals surface area contributed by atoms with Crippen LogP contribution in [0.3, 0.4) is 0 Å². The van der Waals surface area contributed by atoms with Crippen LogP contribution in [0, 0.1) is 11.6 Å². The Labute approximate surface area is 167 Å². The van der Waals surface area contributed by atoms with Crippen molar-refractivity contribution >= 4 is 40.0 Å². The van der Waals surface area contributed by atoms with E-state index in [1.165, 1.54) is 24.6 Å². The molecule has 2 aromatic heterocycles. The van der Waals surface area contributed by atoms with Gasteiger partial charge in [-0.25, -0.2) is 8.78 Å². The average molecular weight is 416 g/mol. The van der Waals surface area contributed by atoms with Gasteiger partial charge >= 0.3 is 0 Å². The number of anilines is 1. The molecule has 0 radical (unpaired) electrons. The smallest absolute Gasteiger partial charge is 0.298 e. The lowest BCUT2D eigenvalue weighted by atomic mass is 10.1. The number of halogens is 3. The number of amides is 1. The van der Waals surface area contributed by atoms with Crippen LogP contribution >= 0.6 is 11.6 Å². The van der Waals surface area contributed by atoms with Crippen LogP contribution in [0.5, 0.6) is 0 Å². The number of nitrogens with one attached hydrogen (secondary N) is 1. The summed E-state index contributed by atoms with van der Waals surface area (Å²) in [4.78, 5) is 25.0. The number of nitrogens with zero attached hydrogens (tertiary/aromatic N) is 2. The molecule has 0 unspecified atom stereocenters. The third-order valence-electron chi connectivity index (χ3n) is 4.31. The van der Waals surface area contributed by atoms with Gasteiger partial charge in [-0.2, -0.15) is 0 Å². The molecular weight excluding hydrogens is 404 g/mol. The highest BCUT2D eigenvalue weighted by atomic mass is 35.5. The van der Waals surface area contributed by atoms with Crippen molar-refractivity contribution in [1.82, 2.24) is 9.72 Å². The third kappa shape index (κ3) is 3.74. The summed E-state index contributed by atoms with van der Waals surface area (Å²) in [6.45, 7) is 0.145. The van der Waals surface area contributed by atoms with Crippen molar-refractivity contribution < 1.29 is 22.9 Å². The molecule has 0 aliphatic rings. The van der Waals surface area contributed by atoms with Crippen LogP contribution in [0.1, 0.15) is 15.9 Å². The summed E-state index contributed by atoms with van der Waals surface area (Å²) in [6, 6.07) is 9.79. The molecule has 29 heavy (non-hydrogen) atoms. The zero-order chi connectivity index (χ0) is 20.5. The molecule has 0 atom stereocenters.